The van der Waals surface area contributed by atoms with E-state index in [0.717, 1.165) is 6.26 Å². The number of hydrogen-bond acceptors (Lipinski definition) is 7. The molecule has 2 heterocycles. The van der Waals surface area contributed by atoms with Crippen LogP contribution in [0.25, 0.3) is 0 Å². The van der Waals surface area contributed by atoms with Gasteiger partial charge in [-0.25, -0.2) is 26.8 Å². The van der Waals surface area contributed by atoms with Gasteiger partial charge in [0.05, 0.1) is 9.79 Å². The lowest BCUT2D eigenvalue weighted by Crippen LogP contribution is -2.49. The van der Waals surface area contributed by atoms with Crippen LogP contribution in [0.15, 0.2) is 52.5 Å². The first-order valence-electron chi connectivity index (χ1n) is 7.61. The summed E-state index contributed by atoms with van der Waals surface area (Å²) in [6.45, 7) is 1.61. The van der Waals surface area contributed by atoms with Gasteiger partial charge in [-0.2, -0.15) is 4.31 Å². The molecule has 0 spiro atoms. The average Bonchev–Trinajstić information content (AvgIpc) is 2.62. The number of aromatic nitrogens is 2. The van der Waals surface area contributed by atoms with Crippen molar-refractivity contribution in [2.45, 2.75) is 9.79 Å². The van der Waals surface area contributed by atoms with Crippen LogP contribution in [0, 0.1) is 0 Å². The summed E-state index contributed by atoms with van der Waals surface area (Å²) < 4.78 is 49.8. The first kappa shape index (κ1) is 17.8. The average molecular weight is 382 g/mol. The van der Waals surface area contributed by atoms with E-state index in [2.05, 4.69) is 9.97 Å². The van der Waals surface area contributed by atoms with Crippen LogP contribution in [0.5, 0.6) is 0 Å². The number of anilines is 1. The van der Waals surface area contributed by atoms with Gasteiger partial charge in [-0.15, -0.1) is 0 Å². The lowest BCUT2D eigenvalue weighted by molar-refractivity contribution is 0.382. The predicted molar refractivity (Wildman–Crippen MR) is 92.6 cm³/mol. The molecule has 25 heavy (non-hydrogen) atoms. The van der Waals surface area contributed by atoms with Gasteiger partial charge in [-0.1, -0.05) is 0 Å². The fraction of sp³-hybridized carbons (Fsp3) is 0.333. The Bertz CT molecular complexity index is 937. The summed E-state index contributed by atoms with van der Waals surface area (Å²) in [6, 6.07) is 7.02. The molecule has 0 unspecified atom stereocenters. The van der Waals surface area contributed by atoms with Gasteiger partial charge in [-0.3, -0.25) is 0 Å². The summed E-state index contributed by atoms with van der Waals surface area (Å²) in [6.07, 6.45) is 4.38. The number of rotatable bonds is 4. The second-order valence-corrected chi connectivity index (χ2v) is 9.64. The monoisotopic (exact) mass is 382 g/mol. The Morgan fingerprint density at radius 3 is 1.88 bits per heavy atom. The van der Waals surface area contributed by atoms with Gasteiger partial charge in [-0.05, 0) is 30.3 Å². The fourth-order valence-corrected chi connectivity index (χ4v) is 4.64. The second-order valence-electron chi connectivity index (χ2n) is 5.68. The SMILES string of the molecule is CS(=O)(=O)c1ccc(S(=O)(=O)N2CCN(c3ncccn3)CC2)cc1. The molecule has 2 aromatic rings. The highest BCUT2D eigenvalue weighted by atomic mass is 32.2. The Morgan fingerprint density at radius 2 is 1.36 bits per heavy atom. The summed E-state index contributed by atoms with van der Waals surface area (Å²) in [5.74, 6) is 0.581. The molecule has 0 N–H and O–H groups in total. The minimum absolute atomic E-state index is 0.0873. The third-order valence-corrected chi connectivity index (χ3v) is 7.00. The highest BCUT2D eigenvalue weighted by molar-refractivity contribution is 7.90. The highest BCUT2D eigenvalue weighted by Gasteiger charge is 2.29. The van der Waals surface area contributed by atoms with Crippen LogP contribution >= 0.6 is 0 Å². The molecule has 0 aliphatic carbocycles. The van der Waals surface area contributed by atoms with Crippen LogP contribution in [-0.2, 0) is 19.9 Å². The molecule has 1 aliphatic rings. The number of piperazine rings is 1. The van der Waals surface area contributed by atoms with Crippen molar-refractivity contribution in [3.8, 4) is 0 Å². The first-order chi connectivity index (χ1) is 11.8. The second kappa shape index (κ2) is 6.70. The molecule has 10 heteroatoms. The number of sulfone groups is 1. The Kier molecular flexibility index (Phi) is 4.76. The molecule has 1 aromatic heterocycles. The van der Waals surface area contributed by atoms with E-state index in [-0.39, 0.29) is 9.79 Å². The summed E-state index contributed by atoms with van der Waals surface area (Å²) >= 11 is 0. The number of nitrogens with zero attached hydrogens (tertiary/aromatic N) is 4. The lowest BCUT2D eigenvalue weighted by atomic mass is 10.4. The van der Waals surface area contributed by atoms with Crippen LogP contribution < -0.4 is 4.90 Å². The van der Waals surface area contributed by atoms with Gasteiger partial charge in [0.1, 0.15) is 0 Å². The smallest absolute Gasteiger partial charge is 0.243 e. The molecule has 0 atom stereocenters. The Morgan fingerprint density at radius 1 is 0.840 bits per heavy atom. The maximum absolute atomic E-state index is 12.7. The van der Waals surface area contributed by atoms with Crippen LogP contribution in [0.4, 0.5) is 5.95 Å². The standard InChI is InChI=1S/C15H18N4O4S2/c1-24(20,21)13-3-5-14(6-4-13)25(22,23)19-11-9-18(10-12-19)15-16-7-2-8-17-15/h2-8H,9-12H2,1H3. The lowest BCUT2D eigenvalue weighted by Gasteiger charge is -2.33. The van der Waals surface area contributed by atoms with Crippen LogP contribution in [-0.4, -0.2) is 63.5 Å². The highest BCUT2D eigenvalue weighted by Crippen LogP contribution is 2.20. The van der Waals surface area contributed by atoms with Gasteiger partial charge in [0.15, 0.2) is 9.84 Å². The topological polar surface area (TPSA) is 101 Å². The van der Waals surface area contributed by atoms with Crippen molar-refractivity contribution in [3.05, 3.63) is 42.7 Å². The Balaban J connectivity index is 1.74. The van der Waals surface area contributed by atoms with Crippen LogP contribution in [0.1, 0.15) is 0 Å². The molecule has 1 saturated heterocycles. The van der Waals surface area contributed by atoms with E-state index in [1.54, 1.807) is 18.5 Å². The molecule has 1 aromatic carbocycles. The van der Waals surface area contributed by atoms with E-state index in [4.69, 9.17) is 0 Å². The van der Waals surface area contributed by atoms with E-state index < -0.39 is 19.9 Å². The Labute approximate surface area is 147 Å². The zero-order chi connectivity index (χ0) is 18.1. The van der Waals surface area contributed by atoms with Crippen LogP contribution in [0.3, 0.4) is 0 Å². The quantitative estimate of drug-likeness (QED) is 0.754. The predicted octanol–water partition coefficient (Wildman–Crippen LogP) is 0.391. The van der Waals surface area contributed by atoms with Crippen LogP contribution in [0.2, 0.25) is 0 Å². The summed E-state index contributed by atoms with van der Waals surface area (Å²) in [5.41, 5.74) is 0. The normalized spacial score (nSPS) is 16.8. The third-order valence-electron chi connectivity index (χ3n) is 3.96. The number of hydrogen-bond donors (Lipinski definition) is 0. The maximum atomic E-state index is 12.7. The largest absolute Gasteiger partial charge is 0.338 e. The van der Waals surface area contributed by atoms with Gasteiger partial charge in [0.2, 0.25) is 16.0 Å². The van der Waals surface area contributed by atoms with E-state index in [1.165, 1.54) is 28.6 Å². The summed E-state index contributed by atoms with van der Waals surface area (Å²) in [7, 11) is -7.02. The first-order valence-corrected chi connectivity index (χ1v) is 10.9. The molecular formula is C15H18N4O4S2. The van der Waals surface area contributed by atoms with Crippen molar-refractivity contribution in [2.24, 2.45) is 0 Å². The van der Waals surface area contributed by atoms with E-state index in [0.29, 0.717) is 32.1 Å². The van der Waals surface area contributed by atoms with Crippen molar-refractivity contribution in [1.29, 1.82) is 0 Å². The molecule has 3 rings (SSSR count). The zero-order valence-corrected chi connectivity index (χ0v) is 15.2. The fourth-order valence-electron chi connectivity index (χ4n) is 2.59. The number of sulfonamides is 1. The van der Waals surface area contributed by atoms with Crippen molar-refractivity contribution >= 4 is 25.8 Å². The molecule has 1 aliphatic heterocycles. The molecule has 0 saturated carbocycles. The molecule has 134 valence electrons. The minimum Gasteiger partial charge on any atom is -0.338 e. The van der Waals surface area contributed by atoms with Gasteiger partial charge in [0, 0.05) is 44.8 Å². The van der Waals surface area contributed by atoms with E-state index in [1.807, 2.05) is 4.90 Å². The third kappa shape index (κ3) is 3.80. The minimum atomic E-state index is -3.66. The molecule has 0 radical (unpaired) electrons. The van der Waals surface area contributed by atoms with Gasteiger partial charge < -0.3 is 4.90 Å². The van der Waals surface area contributed by atoms with E-state index in [9.17, 15) is 16.8 Å². The van der Waals surface area contributed by atoms with Gasteiger partial charge >= 0.3 is 0 Å². The summed E-state index contributed by atoms with van der Waals surface area (Å²) in [4.78, 5) is 10.5. The summed E-state index contributed by atoms with van der Waals surface area (Å²) in [5, 5.41) is 0. The van der Waals surface area contributed by atoms with Crippen molar-refractivity contribution in [3.63, 3.8) is 0 Å². The molecule has 8 nitrogen and oxygen atoms in total. The zero-order valence-electron chi connectivity index (χ0n) is 13.6. The van der Waals surface area contributed by atoms with Crippen molar-refractivity contribution in [1.82, 2.24) is 14.3 Å². The van der Waals surface area contributed by atoms with E-state index >= 15 is 0 Å². The number of benzene rings is 1. The van der Waals surface area contributed by atoms with Gasteiger partial charge in [0.25, 0.3) is 0 Å². The molecule has 0 bridgehead atoms. The maximum Gasteiger partial charge on any atom is 0.243 e. The van der Waals surface area contributed by atoms with Crippen molar-refractivity contribution in [2.75, 3.05) is 37.3 Å². The molecule has 0 amide bonds. The molecule has 1 fully saturated rings. The molecular weight excluding hydrogens is 364 g/mol. The Hall–Kier alpha value is -2.04. The van der Waals surface area contributed by atoms with Crippen molar-refractivity contribution < 1.29 is 16.8 Å².